The average Bonchev–Trinajstić information content (AvgIpc) is 3.15. The Kier molecular flexibility index (Phi) is 7.48. The van der Waals surface area contributed by atoms with Gasteiger partial charge < -0.3 is 21.7 Å². The van der Waals surface area contributed by atoms with E-state index in [1.807, 2.05) is 60.0 Å². The molecule has 3 rings (SSSR count). The van der Waals surface area contributed by atoms with Gasteiger partial charge in [-0.05, 0) is 34.2 Å². The topological polar surface area (TPSA) is 127 Å². The van der Waals surface area contributed by atoms with Gasteiger partial charge in [-0.3, -0.25) is 9.59 Å². The van der Waals surface area contributed by atoms with Crippen molar-refractivity contribution in [2.45, 2.75) is 24.9 Å². The predicted molar refractivity (Wildman–Crippen MR) is 107 cm³/mol. The van der Waals surface area contributed by atoms with Crippen molar-refractivity contribution in [2.75, 3.05) is 0 Å². The van der Waals surface area contributed by atoms with Gasteiger partial charge in [-0.1, -0.05) is 48.5 Å². The molecule has 1 heterocycles. The second-order valence-corrected chi connectivity index (χ2v) is 7.05. The zero-order valence-electron chi connectivity index (χ0n) is 14.6. The first-order valence-electron chi connectivity index (χ1n) is 8.34. The summed E-state index contributed by atoms with van der Waals surface area (Å²) in [6.07, 6.45) is 0.781. The van der Waals surface area contributed by atoms with E-state index in [0.717, 1.165) is 21.2 Å². The lowest BCUT2D eigenvalue weighted by molar-refractivity contribution is -0.139. The van der Waals surface area contributed by atoms with Crippen molar-refractivity contribution in [1.29, 1.82) is 0 Å². The van der Waals surface area contributed by atoms with E-state index < -0.39 is 24.0 Å². The van der Waals surface area contributed by atoms with Gasteiger partial charge in [-0.2, -0.15) is 0 Å². The van der Waals surface area contributed by atoms with Crippen molar-refractivity contribution < 1.29 is 19.8 Å². The number of hydrogen-bond acceptors (Lipinski definition) is 5. The molecule has 0 aliphatic heterocycles. The molecule has 0 spiro atoms. The highest BCUT2D eigenvalue weighted by molar-refractivity contribution is 7.09. The maximum absolute atomic E-state index is 10.7. The second kappa shape index (κ2) is 9.82. The first-order valence-corrected chi connectivity index (χ1v) is 9.22. The molecule has 0 saturated carbocycles. The molecule has 6 N–H and O–H groups in total. The molecule has 27 heavy (non-hydrogen) atoms. The maximum Gasteiger partial charge on any atom is 0.320 e. The van der Waals surface area contributed by atoms with Crippen LogP contribution in [0.3, 0.4) is 0 Å². The molecule has 6 nitrogen and oxygen atoms in total. The van der Waals surface area contributed by atoms with Gasteiger partial charge in [-0.15, -0.1) is 11.3 Å². The number of hydrogen-bond donors (Lipinski definition) is 4. The molecule has 7 heteroatoms. The van der Waals surface area contributed by atoms with Crippen molar-refractivity contribution in [1.82, 2.24) is 0 Å². The van der Waals surface area contributed by atoms with Crippen molar-refractivity contribution in [2.24, 2.45) is 11.5 Å². The normalized spacial score (nSPS) is 12.7. The van der Waals surface area contributed by atoms with Crippen LogP contribution in [0.1, 0.15) is 10.4 Å². The summed E-state index contributed by atoms with van der Waals surface area (Å²) < 4.78 is 0. The van der Waals surface area contributed by atoms with Gasteiger partial charge in [0.25, 0.3) is 0 Å². The molecule has 2 unspecified atom stereocenters. The fraction of sp³-hybridized carbons (Fsp3) is 0.200. The van der Waals surface area contributed by atoms with Crippen LogP contribution < -0.4 is 11.5 Å². The Bertz CT molecular complexity index is 891. The predicted octanol–water partition coefficient (Wildman–Crippen LogP) is 2.50. The summed E-state index contributed by atoms with van der Waals surface area (Å²) in [5.41, 5.74) is 11.8. The number of benzene rings is 2. The van der Waals surface area contributed by atoms with Crippen molar-refractivity contribution in [3.63, 3.8) is 0 Å². The standard InChI is InChI=1S/C13H13NO2.C7H9NO2S/c14-12(13(15)16)8-10-6-3-5-9-4-1-2-7-11(9)10;8-6(7(9)10)4-5-2-1-3-11-5/h1-7,12H,8,14H2,(H,15,16);1-3,6H,4,8H2,(H,9,10). The zero-order valence-corrected chi connectivity index (χ0v) is 15.4. The maximum atomic E-state index is 10.7. The molecule has 0 fully saturated rings. The zero-order chi connectivity index (χ0) is 19.8. The number of nitrogens with two attached hydrogens (primary N) is 2. The minimum absolute atomic E-state index is 0.358. The molecule has 3 aromatic rings. The Morgan fingerprint density at radius 3 is 2.11 bits per heavy atom. The van der Waals surface area contributed by atoms with Gasteiger partial charge in [-0.25, -0.2) is 0 Å². The number of rotatable bonds is 6. The van der Waals surface area contributed by atoms with E-state index in [9.17, 15) is 9.59 Å². The first-order chi connectivity index (χ1) is 12.9. The van der Waals surface area contributed by atoms with Crippen molar-refractivity contribution >= 4 is 34.0 Å². The van der Waals surface area contributed by atoms with E-state index in [4.69, 9.17) is 21.7 Å². The average molecular weight is 386 g/mol. The summed E-state index contributed by atoms with van der Waals surface area (Å²) in [7, 11) is 0. The van der Waals surface area contributed by atoms with Crippen LogP contribution in [-0.2, 0) is 22.4 Å². The molecule has 0 bridgehead atoms. The van der Waals surface area contributed by atoms with Gasteiger partial charge >= 0.3 is 11.9 Å². The first kappa shape index (κ1) is 20.6. The molecule has 1 aromatic heterocycles. The molecular weight excluding hydrogens is 364 g/mol. The Morgan fingerprint density at radius 1 is 0.852 bits per heavy atom. The smallest absolute Gasteiger partial charge is 0.320 e. The largest absolute Gasteiger partial charge is 0.480 e. The van der Waals surface area contributed by atoms with E-state index in [1.54, 1.807) is 0 Å². The fourth-order valence-corrected chi connectivity index (χ4v) is 3.29. The van der Waals surface area contributed by atoms with Crippen LogP contribution in [0.4, 0.5) is 0 Å². The molecule has 0 saturated heterocycles. The van der Waals surface area contributed by atoms with E-state index >= 15 is 0 Å². The summed E-state index contributed by atoms with van der Waals surface area (Å²) in [4.78, 5) is 22.0. The lowest BCUT2D eigenvalue weighted by Gasteiger charge is -2.09. The minimum atomic E-state index is -0.965. The van der Waals surface area contributed by atoms with Gasteiger partial charge in [0.1, 0.15) is 12.1 Å². The van der Waals surface area contributed by atoms with E-state index in [0.29, 0.717) is 12.8 Å². The lowest BCUT2D eigenvalue weighted by Crippen LogP contribution is -2.32. The number of thiophene rings is 1. The van der Waals surface area contributed by atoms with Gasteiger partial charge in [0, 0.05) is 11.3 Å². The number of carbonyl (C=O) groups is 2. The second-order valence-electron chi connectivity index (χ2n) is 6.02. The molecule has 0 aliphatic rings. The summed E-state index contributed by atoms with van der Waals surface area (Å²) in [6.45, 7) is 0. The highest BCUT2D eigenvalue weighted by atomic mass is 32.1. The highest BCUT2D eigenvalue weighted by Crippen LogP contribution is 2.19. The van der Waals surface area contributed by atoms with Gasteiger partial charge in [0.2, 0.25) is 0 Å². The molecule has 142 valence electrons. The van der Waals surface area contributed by atoms with Crippen molar-refractivity contribution in [3.05, 3.63) is 70.4 Å². The number of carboxylic acids is 2. The van der Waals surface area contributed by atoms with Crippen LogP contribution in [0.25, 0.3) is 10.8 Å². The Balaban J connectivity index is 0.000000208. The van der Waals surface area contributed by atoms with Crippen LogP contribution in [0.2, 0.25) is 0 Å². The van der Waals surface area contributed by atoms with Crippen LogP contribution in [-0.4, -0.2) is 34.2 Å². The quantitative estimate of drug-likeness (QED) is 0.515. The summed E-state index contributed by atoms with van der Waals surface area (Å²) >= 11 is 1.53. The third-order valence-electron chi connectivity index (χ3n) is 3.96. The molecule has 2 aromatic carbocycles. The summed E-state index contributed by atoms with van der Waals surface area (Å²) in [6, 6.07) is 15.9. The summed E-state index contributed by atoms with van der Waals surface area (Å²) in [5, 5.41) is 21.3. The van der Waals surface area contributed by atoms with Crippen LogP contribution in [0, 0.1) is 0 Å². The molecule has 0 amide bonds. The summed E-state index contributed by atoms with van der Waals surface area (Å²) in [5.74, 6) is -1.91. The third-order valence-corrected chi connectivity index (χ3v) is 4.85. The Morgan fingerprint density at radius 2 is 1.48 bits per heavy atom. The van der Waals surface area contributed by atoms with E-state index in [2.05, 4.69) is 0 Å². The van der Waals surface area contributed by atoms with Crippen LogP contribution in [0.15, 0.2) is 60.0 Å². The SMILES string of the molecule is NC(Cc1cccc2ccccc12)C(=O)O.NC(Cc1cccs1)C(=O)O. The Labute approximate surface area is 161 Å². The molecular formula is C20H22N2O4S. The van der Waals surface area contributed by atoms with Crippen LogP contribution in [0.5, 0.6) is 0 Å². The fourth-order valence-electron chi connectivity index (χ4n) is 2.53. The molecule has 0 aliphatic carbocycles. The highest BCUT2D eigenvalue weighted by Gasteiger charge is 2.13. The Hall–Kier alpha value is -2.74. The van der Waals surface area contributed by atoms with E-state index in [1.165, 1.54) is 11.3 Å². The molecule has 0 radical (unpaired) electrons. The number of fused-ring (bicyclic) bond motifs is 1. The van der Waals surface area contributed by atoms with Crippen molar-refractivity contribution in [3.8, 4) is 0 Å². The number of aliphatic carboxylic acids is 2. The third kappa shape index (κ3) is 6.18. The monoisotopic (exact) mass is 386 g/mol. The lowest BCUT2D eigenvalue weighted by atomic mass is 9.99. The van der Waals surface area contributed by atoms with E-state index in [-0.39, 0.29) is 0 Å². The van der Waals surface area contributed by atoms with Crippen LogP contribution >= 0.6 is 11.3 Å². The van der Waals surface area contributed by atoms with Gasteiger partial charge in [0.15, 0.2) is 0 Å². The minimum Gasteiger partial charge on any atom is -0.480 e. The number of carboxylic acid groups (broad SMARTS) is 2. The van der Waals surface area contributed by atoms with Gasteiger partial charge in [0.05, 0.1) is 0 Å². The molecule has 2 atom stereocenters.